The molecule has 0 heterocycles. The molecule has 1 atom stereocenters. The van der Waals surface area contributed by atoms with Gasteiger partial charge < -0.3 is 25.5 Å². The Kier molecular flexibility index (Phi) is 5.36. The summed E-state index contributed by atoms with van der Waals surface area (Å²) in [5, 5.41) is 32.2. The molecule has 2 rings (SSSR count). The van der Waals surface area contributed by atoms with E-state index in [0.29, 0.717) is 16.4 Å². The maximum Gasteiger partial charge on any atom is 0.173 e. The van der Waals surface area contributed by atoms with Crippen molar-refractivity contribution in [2.75, 3.05) is 18.9 Å². The lowest BCUT2D eigenvalue weighted by Crippen LogP contribution is -2.34. The van der Waals surface area contributed by atoms with Crippen LogP contribution < -0.4 is 5.32 Å². The SMILES string of the molecule is CN(CC(O)c1ccc(O)c(O)c1)C(=S)Nc1ccc(F)cc1. The van der Waals surface area contributed by atoms with Gasteiger partial charge in [-0.2, -0.15) is 0 Å². The van der Waals surface area contributed by atoms with Crippen molar-refractivity contribution in [3.63, 3.8) is 0 Å². The first-order valence-electron chi connectivity index (χ1n) is 6.84. The van der Waals surface area contributed by atoms with Crippen molar-refractivity contribution in [2.45, 2.75) is 6.10 Å². The second kappa shape index (κ2) is 7.26. The quantitative estimate of drug-likeness (QED) is 0.508. The molecule has 0 bridgehead atoms. The molecule has 0 radical (unpaired) electrons. The summed E-state index contributed by atoms with van der Waals surface area (Å²) in [6.45, 7) is 0.178. The number of nitrogens with one attached hydrogen (secondary N) is 1. The number of aliphatic hydroxyl groups excluding tert-OH is 1. The second-order valence-electron chi connectivity index (χ2n) is 5.08. The van der Waals surface area contributed by atoms with E-state index in [-0.39, 0.29) is 23.9 Å². The number of nitrogens with zero attached hydrogens (tertiary/aromatic N) is 1. The lowest BCUT2D eigenvalue weighted by Gasteiger charge is -2.24. The van der Waals surface area contributed by atoms with Crippen molar-refractivity contribution >= 4 is 23.0 Å². The van der Waals surface area contributed by atoms with Gasteiger partial charge in [0, 0.05) is 19.3 Å². The Balaban J connectivity index is 1.96. The Morgan fingerprint density at radius 3 is 2.43 bits per heavy atom. The van der Waals surface area contributed by atoms with E-state index in [1.165, 1.54) is 30.3 Å². The highest BCUT2D eigenvalue weighted by Gasteiger charge is 2.14. The number of thiocarbonyl (C=S) groups is 1. The number of aliphatic hydroxyl groups is 1. The molecule has 0 aliphatic carbocycles. The zero-order chi connectivity index (χ0) is 17.0. The van der Waals surface area contributed by atoms with Gasteiger partial charge in [-0.15, -0.1) is 0 Å². The molecular weight excluding hydrogens is 319 g/mol. The normalized spacial score (nSPS) is 11.8. The molecule has 0 aromatic heterocycles. The number of phenolic OH excluding ortho intramolecular Hbond substituents is 2. The number of aromatic hydroxyl groups is 2. The van der Waals surface area contributed by atoms with Crippen LogP contribution >= 0.6 is 12.2 Å². The number of benzene rings is 2. The zero-order valence-corrected chi connectivity index (χ0v) is 13.2. The van der Waals surface area contributed by atoms with Crippen LogP contribution in [-0.4, -0.2) is 38.9 Å². The third kappa shape index (κ3) is 4.54. The zero-order valence-electron chi connectivity index (χ0n) is 12.4. The molecule has 0 fully saturated rings. The molecule has 23 heavy (non-hydrogen) atoms. The summed E-state index contributed by atoms with van der Waals surface area (Å²) in [6.07, 6.45) is -0.903. The maximum atomic E-state index is 12.9. The predicted molar refractivity (Wildman–Crippen MR) is 90.0 cm³/mol. The van der Waals surface area contributed by atoms with Crippen LogP contribution in [0.1, 0.15) is 11.7 Å². The number of anilines is 1. The van der Waals surface area contributed by atoms with E-state index in [9.17, 15) is 19.7 Å². The molecule has 2 aromatic rings. The summed E-state index contributed by atoms with van der Waals surface area (Å²) in [6, 6.07) is 9.88. The van der Waals surface area contributed by atoms with Gasteiger partial charge in [-0.05, 0) is 54.2 Å². The van der Waals surface area contributed by atoms with Crippen LogP contribution in [0.25, 0.3) is 0 Å². The standard InChI is InChI=1S/C16H17FN2O3S/c1-19(16(23)18-12-5-3-11(17)4-6-12)9-15(22)10-2-7-13(20)14(21)8-10/h2-8,15,20-22H,9H2,1H3,(H,18,23). The summed E-state index contributed by atoms with van der Waals surface area (Å²) in [7, 11) is 1.70. The van der Waals surface area contributed by atoms with E-state index >= 15 is 0 Å². The minimum Gasteiger partial charge on any atom is -0.504 e. The summed E-state index contributed by atoms with van der Waals surface area (Å²) in [5.74, 6) is -0.878. The van der Waals surface area contributed by atoms with Crippen molar-refractivity contribution in [1.29, 1.82) is 0 Å². The second-order valence-corrected chi connectivity index (χ2v) is 5.47. The topological polar surface area (TPSA) is 76.0 Å². The van der Waals surface area contributed by atoms with Crippen molar-refractivity contribution < 1.29 is 19.7 Å². The molecule has 4 N–H and O–H groups in total. The van der Waals surface area contributed by atoms with Crippen molar-refractivity contribution in [3.8, 4) is 11.5 Å². The molecule has 1 unspecified atom stereocenters. The van der Waals surface area contributed by atoms with Crippen LogP contribution in [-0.2, 0) is 0 Å². The Labute approximate surface area is 138 Å². The Bertz CT molecular complexity index is 694. The van der Waals surface area contributed by atoms with E-state index in [0.717, 1.165) is 0 Å². The van der Waals surface area contributed by atoms with Crippen molar-refractivity contribution in [1.82, 2.24) is 4.90 Å². The number of halogens is 1. The van der Waals surface area contributed by atoms with E-state index < -0.39 is 6.10 Å². The number of phenols is 2. The highest BCUT2D eigenvalue weighted by atomic mass is 32.1. The third-order valence-corrected chi connectivity index (χ3v) is 3.69. The van der Waals surface area contributed by atoms with Crippen LogP contribution in [0.15, 0.2) is 42.5 Å². The van der Waals surface area contributed by atoms with Gasteiger partial charge in [-0.25, -0.2) is 4.39 Å². The van der Waals surface area contributed by atoms with Crippen molar-refractivity contribution in [2.24, 2.45) is 0 Å². The van der Waals surface area contributed by atoms with Gasteiger partial charge in [0.2, 0.25) is 0 Å². The Hall–Kier alpha value is -2.38. The first-order chi connectivity index (χ1) is 10.9. The average molecular weight is 336 g/mol. The van der Waals surface area contributed by atoms with Gasteiger partial charge in [0.1, 0.15) is 5.82 Å². The molecule has 5 nitrogen and oxygen atoms in total. The van der Waals surface area contributed by atoms with E-state index in [1.807, 2.05) is 0 Å². The smallest absolute Gasteiger partial charge is 0.173 e. The number of likely N-dealkylation sites (N-methyl/N-ethyl adjacent to an activating group) is 1. The predicted octanol–water partition coefficient (Wildman–Crippen LogP) is 2.60. The monoisotopic (exact) mass is 336 g/mol. The Morgan fingerprint density at radius 2 is 1.83 bits per heavy atom. The third-order valence-electron chi connectivity index (χ3n) is 3.27. The summed E-state index contributed by atoms with van der Waals surface area (Å²) in [4.78, 5) is 1.62. The first-order valence-corrected chi connectivity index (χ1v) is 7.25. The highest BCUT2D eigenvalue weighted by Crippen LogP contribution is 2.28. The summed E-state index contributed by atoms with van der Waals surface area (Å²) in [5.41, 5.74) is 1.09. The van der Waals surface area contributed by atoms with Gasteiger partial charge >= 0.3 is 0 Å². The molecule has 0 saturated heterocycles. The van der Waals surface area contributed by atoms with Crippen LogP contribution in [0.5, 0.6) is 11.5 Å². The summed E-state index contributed by atoms with van der Waals surface area (Å²) >= 11 is 5.23. The number of hydrogen-bond donors (Lipinski definition) is 4. The van der Waals surface area contributed by atoms with E-state index in [4.69, 9.17) is 12.2 Å². The van der Waals surface area contributed by atoms with Crippen LogP contribution in [0.3, 0.4) is 0 Å². The fraction of sp³-hybridized carbons (Fsp3) is 0.188. The molecule has 7 heteroatoms. The summed E-state index contributed by atoms with van der Waals surface area (Å²) < 4.78 is 12.9. The minimum atomic E-state index is -0.903. The molecular formula is C16H17FN2O3S. The van der Waals surface area contributed by atoms with Gasteiger partial charge in [-0.1, -0.05) is 6.07 Å². The molecule has 0 aliphatic heterocycles. The molecule has 0 spiro atoms. The molecule has 0 aliphatic rings. The molecule has 2 aromatic carbocycles. The van der Waals surface area contributed by atoms with Gasteiger partial charge in [-0.3, -0.25) is 0 Å². The molecule has 0 saturated carbocycles. The number of hydrogen-bond acceptors (Lipinski definition) is 4. The molecule has 122 valence electrons. The lowest BCUT2D eigenvalue weighted by molar-refractivity contribution is 0.152. The van der Waals surface area contributed by atoms with Gasteiger partial charge in [0.25, 0.3) is 0 Å². The van der Waals surface area contributed by atoms with Crippen LogP contribution in [0.4, 0.5) is 10.1 Å². The Morgan fingerprint density at radius 1 is 1.17 bits per heavy atom. The fourth-order valence-electron chi connectivity index (χ4n) is 1.95. The van der Waals surface area contributed by atoms with Crippen LogP contribution in [0, 0.1) is 5.82 Å². The van der Waals surface area contributed by atoms with E-state index in [2.05, 4.69) is 5.32 Å². The highest BCUT2D eigenvalue weighted by molar-refractivity contribution is 7.80. The van der Waals surface area contributed by atoms with Gasteiger partial charge in [0.05, 0.1) is 6.10 Å². The fourth-order valence-corrected chi connectivity index (χ4v) is 2.14. The number of rotatable bonds is 4. The minimum absolute atomic E-state index is 0.178. The lowest BCUT2D eigenvalue weighted by atomic mass is 10.1. The van der Waals surface area contributed by atoms with Crippen molar-refractivity contribution in [3.05, 3.63) is 53.8 Å². The maximum absolute atomic E-state index is 12.9. The first kappa shape index (κ1) is 17.0. The van der Waals surface area contributed by atoms with Crippen LogP contribution in [0.2, 0.25) is 0 Å². The molecule has 0 amide bonds. The largest absolute Gasteiger partial charge is 0.504 e. The van der Waals surface area contributed by atoms with Gasteiger partial charge in [0.15, 0.2) is 16.6 Å². The van der Waals surface area contributed by atoms with E-state index in [1.54, 1.807) is 24.1 Å². The average Bonchev–Trinajstić information content (AvgIpc) is 2.52.